The first kappa shape index (κ1) is 14.0. The highest BCUT2D eigenvalue weighted by Gasteiger charge is 2.22. The Morgan fingerprint density at radius 2 is 1.70 bits per heavy atom. The molecule has 2 heterocycles. The highest BCUT2D eigenvalue weighted by molar-refractivity contribution is 5.54. The smallest absolute Gasteiger partial charge is 0.231 e. The van der Waals surface area contributed by atoms with Crippen molar-refractivity contribution in [3.63, 3.8) is 0 Å². The van der Waals surface area contributed by atoms with E-state index in [0.29, 0.717) is 24.6 Å². The van der Waals surface area contributed by atoms with Crippen LogP contribution >= 0.6 is 0 Å². The number of hydrogen-bond acceptors (Lipinski definition) is 6. The number of fused-ring (bicyclic) bond motifs is 2. The van der Waals surface area contributed by atoms with Gasteiger partial charge in [0, 0.05) is 19.6 Å². The van der Waals surface area contributed by atoms with Crippen molar-refractivity contribution in [3.05, 3.63) is 41.0 Å². The molecule has 0 unspecified atom stereocenters. The molecule has 0 saturated heterocycles. The first-order valence-corrected chi connectivity index (χ1v) is 7.48. The second-order valence-corrected chi connectivity index (χ2v) is 5.92. The Labute approximate surface area is 133 Å². The summed E-state index contributed by atoms with van der Waals surface area (Å²) in [6.07, 6.45) is 0.805. The lowest BCUT2D eigenvalue weighted by Crippen LogP contribution is -2.30. The number of ether oxygens (including phenoxy) is 2. The zero-order chi connectivity index (χ0) is 16.0. The molecule has 0 fully saturated rings. The molecule has 0 bridgehead atoms. The Balaban J connectivity index is 1.54. The van der Waals surface area contributed by atoms with Crippen molar-refractivity contribution in [2.24, 2.45) is 0 Å². The van der Waals surface area contributed by atoms with Crippen LogP contribution < -0.4 is 9.47 Å². The summed E-state index contributed by atoms with van der Waals surface area (Å²) in [6.45, 7) is 2.31. The quantitative estimate of drug-likeness (QED) is 0.736. The van der Waals surface area contributed by atoms with E-state index in [-0.39, 0.29) is 24.0 Å². The number of nitrogens with zero attached hydrogens (tertiary/aromatic N) is 1. The number of benzene rings is 2. The van der Waals surface area contributed by atoms with Crippen molar-refractivity contribution in [1.29, 1.82) is 0 Å². The molecule has 0 atom stereocenters. The largest absolute Gasteiger partial charge is 0.504 e. The molecule has 0 aromatic heterocycles. The Hall–Kier alpha value is -2.60. The molecule has 0 aliphatic carbocycles. The first-order valence-electron chi connectivity index (χ1n) is 7.48. The summed E-state index contributed by atoms with van der Waals surface area (Å²) >= 11 is 0. The van der Waals surface area contributed by atoms with Gasteiger partial charge in [-0.2, -0.15) is 0 Å². The van der Waals surface area contributed by atoms with Crippen LogP contribution in [0.5, 0.6) is 28.7 Å². The molecule has 3 N–H and O–H groups in total. The van der Waals surface area contributed by atoms with Crippen molar-refractivity contribution in [1.82, 2.24) is 4.90 Å². The van der Waals surface area contributed by atoms with Gasteiger partial charge in [-0.15, -0.1) is 0 Å². The molecule has 0 amide bonds. The molecule has 120 valence electrons. The predicted octanol–water partition coefficient (Wildman–Crippen LogP) is 2.09. The number of aromatic hydroxyl groups is 3. The lowest BCUT2D eigenvalue weighted by molar-refractivity contribution is 0.171. The lowest BCUT2D eigenvalue weighted by Gasteiger charge is -2.29. The molecule has 0 spiro atoms. The molecular weight excluding hydrogens is 298 g/mol. The first-order chi connectivity index (χ1) is 11.1. The van der Waals surface area contributed by atoms with Gasteiger partial charge in [0.15, 0.2) is 23.0 Å². The third kappa shape index (κ3) is 2.51. The minimum absolute atomic E-state index is 0.0714. The van der Waals surface area contributed by atoms with Crippen molar-refractivity contribution in [2.75, 3.05) is 13.3 Å². The molecule has 2 aliphatic rings. The van der Waals surface area contributed by atoms with Gasteiger partial charge in [0.2, 0.25) is 12.5 Å². The maximum Gasteiger partial charge on any atom is 0.231 e. The average molecular weight is 315 g/mol. The fraction of sp³-hybridized carbons (Fsp3) is 0.294. The number of phenolic OH excluding ortho intramolecular Hbond substituents is 3. The molecule has 0 saturated carbocycles. The van der Waals surface area contributed by atoms with Crippen LogP contribution in [-0.4, -0.2) is 33.6 Å². The van der Waals surface area contributed by atoms with Gasteiger partial charge in [-0.1, -0.05) is 0 Å². The third-order valence-electron chi connectivity index (χ3n) is 4.31. The van der Waals surface area contributed by atoms with Gasteiger partial charge in [-0.25, -0.2) is 0 Å². The monoisotopic (exact) mass is 315 g/mol. The van der Waals surface area contributed by atoms with Crippen LogP contribution in [0.15, 0.2) is 24.3 Å². The van der Waals surface area contributed by atoms with Gasteiger partial charge in [0.1, 0.15) is 0 Å². The van der Waals surface area contributed by atoms with E-state index in [9.17, 15) is 15.3 Å². The summed E-state index contributed by atoms with van der Waals surface area (Å²) in [4.78, 5) is 2.22. The number of hydrogen-bond donors (Lipinski definition) is 3. The molecule has 6 heteroatoms. The van der Waals surface area contributed by atoms with E-state index in [0.717, 1.165) is 29.7 Å². The fourth-order valence-electron chi connectivity index (χ4n) is 3.17. The van der Waals surface area contributed by atoms with Crippen molar-refractivity contribution in [2.45, 2.75) is 19.5 Å². The minimum Gasteiger partial charge on any atom is -0.504 e. The van der Waals surface area contributed by atoms with Gasteiger partial charge in [-0.05, 0) is 47.4 Å². The minimum atomic E-state index is -0.0914. The van der Waals surface area contributed by atoms with Gasteiger partial charge in [0.05, 0.1) is 0 Å². The molecule has 6 nitrogen and oxygen atoms in total. The van der Waals surface area contributed by atoms with E-state index < -0.39 is 0 Å². The van der Waals surface area contributed by atoms with E-state index in [1.165, 1.54) is 0 Å². The van der Waals surface area contributed by atoms with Crippen LogP contribution in [0.2, 0.25) is 0 Å². The SMILES string of the molecule is Oc1cc2c(cc1O)CN(Cc1cc(O)c3c(c1)OCO3)CC2. The molecule has 2 aromatic carbocycles. The second kappa shape index (κ2) is 5.24. The van der Waals surface area contributed by atoms with Crippen LogP contribution in [0.1, 0.15) is 16.7 Å². The second-order valence-electron chi connectivity index (χ2n) is 5.92. The van der Waals surface area contributed by atoms with Crippen LogP contribution in [0, 0.1) is 0 Å². The normalized spacial score (nSPS) is 16.3. The van der Waals surface area contributed by atoms with Gasteiger partial charge in [-0.3, -0.25) is 4.90 Å². The molecule has 4 rings (SSSR count). The zero-order valence-electron chi connectivity index (χ0n) is 12.5. The van der Waals surface area contributed by atoms with E-state index >= 15 is 0 Å². The predicted molar refractivity (Wildman–Crippen MR) is 81.8 cm³/mol. The van der Waals surface area contributed by atoms with Crippen LogP contribution in [-0.2, 0) is 19.5 Å². The summed E-state index contributed by atoms with van der Waals surface area (Å²) in [7, 11) is 0. The Kier molecular flexibility index (Phi) is 3.20. The van der Waals surface area contributed by atoms with Crippen molar-refractivity contribution < 1.29 is 24.8 Å². The summed E-state index contributed by atoms with van der Waals surface area (Å²) in [6, 6.07) is 6.82. The summed E-state index contributed by atoms with van der Waals surface area (Å²) in [5.74, 6) is 0.900. The van der Waals surface area contributed by atoms with Crippen molar-refractivity contribution in [3.8, 4) is 28.7 Å². The summed E-state index contributed by atoms with van der Waals surface area (Å²) in [5, 5.41) is 29.2. The summed E-state index contributed by atoms with van der Waals surface area (Å²) < 4.78 is 10.5. The van der Waals surface area contributed by atoms with Gasteiger partial charge in [0.25, 0.3) is 0 Å². The highest BCUT2D eigenvalue weighted by Crippen LogP contribution is 2.41. The van der Waals surface area contributed by atoms with E-state index in [1.54, 1.807) is 18.2 Å². The Morgan fingerprint density at radius 3 is 2.52 bits per heavy atom. The van der Waals surface area contributed by atoms with E-state index in [4.69, 9.17) is 9.47 Å². The number of rotatable bonds is 2. The lowest BCUT2D eigenvalue weighted by atomic mass is 9.98. The third-order valence-corrected chi connectivity index (χ3v) is 4.31. The van der Waals surface area contributed by atoms with Gasteiger partial charge >= 0.3 is 0 Å². The molecule has 2 aromatic rings. The van der Waals surface area contributed by atoms with Crippen molar-refractivity contribution >= 4 is 0 Å². The standard InChI is InChI=1S/C17H17NO5/c19-13-5-11-1-2-18(8-12(11)6-14(13)20)7-10-3-15(21)17-16(4-10)22-9-23-17/h3-6,19-21H,1-2,7-9H2. The summed E-state index contributed by atoms with van der Waals surface area (Å²) in [5.41, 5.74) is 3.01. The fourth-order valence-corrected chi connectivity index (χ4v) is 3.17. The Bertz CT molecular complexity index is 774. The topological polar surface area (TPSA) is 82.4 Å². The van der Waals surface area contributed by atoms with Crippen LogP contribution in [0.4, 0.5) is 0 Å². The number of phenols is 3. The average Bonchev–Trinajstić information content (AvgIpc) is 2.98. The van der Waals surface area contributed by atoms with E-state index in [1.807, 2.05) is 6.07 Å². The highest BCUT2D eigenvalue weighted by atomic mass is 16.7. The van der Waals surface area contributed by atoms with E-state index in [2.05, 4.69) is 4.90 Å². The Morgan fingerprint density at radius 1 is 0.913 bits per heavy atom. The van der Waals surface area contributed by atoms with Crippen LogP contribution in [0.25, 0.3) is 0 Å². The van der Waals surface area contributed by atoms with Crippen LogP contribution in [0.3, 0.4) is 0 Å². The maximum atomic E-state index is 9.98. The maximum absolute atomic E-state index is 9.98. The molecule has 2 aliphatic heterocycles. The molecular formula is C17H17NO5. The van der Waals surface area contributed by atoms with Gasteiger partial charge < -0.3 is 24.8 Å². The molecule has 0 radical (unpaired) electrons. The zero-order valence-corrected chi connectivity index (χ0v) is 12.5. The molecule has 23 heavy (non-hydrogen) atoms.